The number of nitrogen functional groups attached to an aromatic ring is 1. The van der Waals surface area contributed by atoms with Gasteiger partial charge in [-0.05, 0) is 5.56 Å². The zero-order chi connectivity index (χ0) is 14.5. The summed E-state index contributed by atoms with van der Waals surface area (Å²) in [4.78, 5) is 16.4. The van der Waals surface area contributed by atoms with E-state index < -0.39 is 0 Å². The number of nitrogens with two attached hydrogens (primary N) is 1. The monoisotopic (exact) mass is 283 g/mol. The largest absolute Gasteiger partial charge is 0.458 e. The Hall–Kier alpha value is -3.00. The summed E-state index contributed by atoms with van der Waals surface area (Å²) in [5.74, 6) is 5.96. The van der Waals surface area contributed by atoms with Gasteiger partial charge in [-0.3, -0.25) is 9.99 Å². The molecule has 3 aromatic rings. The zero-order valence-electron chi connectivity index (χ0n) is 11.0. The summed E-state index contributed by atoms with van der Waals surface area (Å²) in [6.07, 6.45) is 4.93. The molecule has 0 atom stereocenters. The first-order chi connectivity index (χ1) is 10.3. The molecule has 21 heavy (non-hydrogen) atoms. The average molecular weight is 283 g/mol. The highest BCUT2D eigenvalue weighted by atomic mass is 16.5. The number of benzene rings is 1. The summed E-state index contributed by atoms with van der Waals surface area (Å²) >= 11 is 0. The number of nitrogens with one attached hydrogen (secondary N) is 1. The SMILES string of the molecule is NNc1nc(OCc2ccccc2)nc(-n2ccnc2)n1. The second kappa shape index (κ2) is 5.97. The van der Waals surface area contributed by atoms with Crippen molar-refractivity contribution in [2.45, 2.75) is 6.61 Å². The van der Waals surface area contributed by atoms with E-state index in [0.29, 0.717) is 12.6 Å². The summed E-state index contributed by atoms with van der Waals surface area (Å²) in [7, 11) is 0. The fraction of sp³-hybridized carbons (Fsp3) is 0.0769. The molecular weight excluding hydrogens is 270 g/mol. The smallest absolute Gasteiger partial charge is 0.323 e. The van der Waals surface area contributed by atoms with E-state index in [9.17, 15) is 0 Å². The van der Waals surface area contributed by atoms with Crippen LogP contribution in [-0.4, -0.2) is 24.5 Å². The predicted octanol–water partition coefficient (Wildman–Crippen LogP) is 0.922. The molecule has 2 heterocycles. The number of nitrogens with zero attached hydrogens (tertiary/aromatic N) is 5. The van der Waals surface area contributed by atoms with Crippen molar-refractivity contribution >= 4 is 5.95 Å². The first-order valence-corrected chi connectivity index (χ1v) is 6.23. The van der Waals surface area contributed by atoms with Crippen LogP contribution in [0.2, 0.25) is 0 Å². The van der Waals surface area contributed by atoms with Gasteiger partial charge in [0.15, 0.2) is 0 Å². The predicted molar refractivity (Wildman–Crippen MR) is 75.5 cm³/mol. The molecule has 0 unspecified atom stereocenters. The molecule has 0 fully saturated rings. The van der Waals surface area contributed by atoms with E-state index in [2.05, 4.69) is 25.4 Å². The molecule has 0 radical (unpaired) electrons. The summed E-state index contributed by atoms with van der Waals surface area (Å²) in [5, 5.41) is 0. The molecule has 8 heteroatoms. The molecule has 106 valence electrons. The Morgan fingerprint density at radius 3 is 2.71 bits per heavy atom. The maximum atomic E-state index is 5.58. The minimum atomic E-state index is 0.186. The van der Waals surface area contributed by atoms with Gasteiger partial charge in [-0.25, -0.2) is 10.8 Å². The number of hydrazine groups is 1. The van der Waals surface area contributed by atoms with Crippen molar-refractivity contribution < 1.29 is 4.74 Å². The van der Waals surface area contributed by atoms with Gasteiger partial charge in [0.2, 0.25) is 11.9 Å². The molecule has 3 N–H and O–H groups in total. The van der Waals surface area contributed by atoms with Gasteiger partial charge < -0.3 is 4.74 Å². The number of rotatable bonds is 5. The standard InChI is InChI=1S/C13H13N7O/c14-19-11-16-12(20-7-6-15-9-20)18-13(17-11)21-8-10-4-2-1-3-5-10/h1-7,9H,8,14H2,(H,16,17,18,19). The van der Waals surface area contributed by atoms with E-state index in [-0.39, 0.29) is 12.0 Å². The Balaban J connectivity index is 1.83. The number of anilines is 1. The van der Waals surface area contributed by atoms with Gasteiger partial charge in [0.05, 0.1) is 0 Å². The Labute approximate surface area is 120 Å². The fourth-order valence-electron chi connectivity index (χ4n) is 1.69. The lowest BCUT2D eigenvalue weighted by Crippen LogP contribution is -2.14. The summed E-state index contributed by atoms with van der Waals surface area (Å²) in [5.41, 5.74) is 3.41. The zero-order valence-corrected chi connectivity index (χ0v) is 11.0. The first kappa shape index (κ1) is 13.0. The lowest BCUT2D eigenvalue weighted by molar-refractivity contribution is 0.280. The third-order valence-electron chi connectivity index (χ3n) is 2.68. The van der Waals surface area contributed by atoms with Crippen molar-refractivity contribution in [2.75, 3.05) is 5.43 Å². The maximum Gasteiger partial charge on any atom is 0.323 e. The number of hydrogen-bond donors (Lipinski definition) is 2. The van der Waals surface area contributed by atoms with Crippen LogP contribution in [-0.2, 0) is 6.61 Å². The van der Waals surface area contributed by atoms with Crippen LogP contribution in [0.4, 0.5) is 5.95 Å². The molecule has 0 aliphatic heterocycles. The minimum Gasteiger partial charge on any atom is -0.458 e. The topological polar surface area (TPSA) is 104 Å². The van der Waals surface area contributed by atoms with Crippen molar-refractivity contribution in [3.63, 3.8) is 0 Å². The summed E-state index contributed by atoms with van der Waals surface area (Å²) in [6, 6.07) is 9.93. The van der Waals surface area contributed by atoms with Gasteiger partial charge in [-0.2, -0.15) is 15.0 Å². The molecular formula is C13H13N7O. The van der Waals surface area contributed by atoms with Crippen molar-refractivity contribution in [2.24, 2.45) is 5.84 Å². The Bertz CT molecular complexity index is 700. The van der Waals surface area contributed by atoms with Crippen LogP contribution < -0.4 is 16.0 Å². The van der Waals surface area contributed by atoms with Gasteiger partial charge in [0, 0.05) is 12.4 Å². The van der Waals surface area contributed by atoms with Gasteiger partial charge in [-0.1, -0.05) is 30.3 Å². The van der Waals surface area contributed by atoms with E-state index in [1.807, 2.05) is 30.3 Å². The molecule has 0 spiro atoms. The van der Waals surface area contributed by atoms with E-state index in [4.69, 9.17) is 10.6 Å². The molecule has 0 amide bonds. The van der Waals surface area contributed by atoms with Gasteiger partial charge in [0.1, 0.15) is 12.9 Å². The molecule has 0 saturated carbocycles. The first-order valence-electron chi connectivity index (χ1n) is 6.23. The van der Waals surface area contributed by atoms with E-state index in [1.54, 1.807) is 23.3 Å². The van der Waals surface area contributed by atoms with Gasteiger partial charge >= 0.3 is 6.01 Å². The Morgan fingerprint density at radius 1 is 1.14 bits per heavy atom. The highest BCUT2D eigenvalue weighted by Gasteiger charge is 2.08. The summed E-state index contributed by atoms with van der Waals surface area (Å²) < 4.78 is 7.22. The summed E-state index contributed by atoms with van der Waals surface area (Å²) in [6.45, 7) is 0.359. The second-order valence-electron chi connectivity index (χ2n) is 4.13. The normalized spacial score (nSPS) is 10.3. The molecule has 0 aliphatic carbocycles. The average Bonchev–Trinajstić information content (AvgIpc) is 3.08. The molecule has 1 aromatic carbocycles. The fourth-order valence-corrected chi connectivity index (χ4v) is 1.69. The Morgan fingerprint density at radius 2 is 2.00 bits per heavy atom. The van der Waals surface area contributed by atoms with Crippen molar-refractivity contribution in [1.29, 1.82) is 0 Å². The number of ether oxygens (including phenoxy) is 1. The van der Waals surface area contributed by atoms with Crippen LogP contribution in [0.3, 0.4) is 0 Å². The molecule has 2 aromatic heterocycles. The van der Waals surface area contributed by atoms with Crippen LogP contribution in [0.15, 0.2) is 49.1 Å². The molecule has 0 saturated heterocycles. The quantitative estimate of drug-likeness (QED) is 0.530. The maximum absolute atomic E-state index is 5.58. The number of hydrogen-bond acceptors (Lipinski definition) is 7. The van der Waals surface area contributed by atoms with Crippen LogP contribution in [0, 0.1) is 0 Å². The molecule has 0 bridgehead atoms. The van der Waals surface area contributed by atoms with Gasteiger partial charge in [0.25, 0.3) is 0 Å². The molecule has 3 rings (SSSR count). The minimum absolute atomic E-state index is 0.186. The van der Waals surface area contributed by atoms with E-state index in [1.165, 1.54) is 0 Å². The van der Waals surface area contributed by atoms with Crippen molar-refractivity contribution in [3.05, 3.63) is 54.6 Å². The number of aromatic nitrogens is 5. The van der Waals surface area contributed by atoms with E-state index >= 15 is 0 Å². The highest BCUT2D eigenvalue weighted by molar-refractivity contribution is 5.29. The molecule has 0 aliphatic rings. The lowest BCUT2D eigenvalue weighted by atomic mass is 10.2. The van der Waals surface area contributed by atoms with Crippen LogP contribution in [0.5, 0.6) is 6.01 Å². The Kier molecular flexibility index (Phi) is 3.70. The third-order valence-corrected chi connectivity index (χ3v) is 2.68. The van der Waals surface area contributed by atoms with Crippen LogP contribution >= 0.6 is 0 Å². The lowest BCUT2D eigenvalue weighted by Gasteiger charge is -2.08. The number of imidazole rings is 1. The van der Waals surface area contributed by atoms with Crippen LogP contribution in [0.1, 0.15) is 5.56 Å². The third kappa shape index (κ3) is 3.12. The second-order valence-corrected chi connectivity index (χ2v) is 4.13. The van der Waals surface area contributed by atoms with Crippen molar-refractivity contribution in [3.8, 4) is 12.0 Å². The highest BCUT2D eigenvalue weighted by Crippen LogP contribution is 2.12. The van der Waals surface area contributed by atoms with E-state index in [0.717, 1.165) is 5.56 Å². The van der Waals surface area contributed by atoms with Crippen LogP contribution in [0.25, 0.3) is 5.95 Å². The van der Waals surface area contributed by atoms with Gasteiger partial charge in [-0.15, -0.1) is 0 Å². The molecule has 8 nitrogen and oxygen atoms in total. The van der Waals surface area contributed by atoms with Crippen molar-refractivity contribution in [1.82, 2.24) is 24.5 Å².